The minimum absolute atomic E-state index is 0.000449. The van der Waals surface area contributed by atoms with Gasteiger partial charge in [-0.1, -0.05) is 37.0 Å². The third-order valence-corrected chi connectivity index (χ3v) is 7.12. The average molecular weight is 343 g/mol. The number of sulfonamides is 1. The molecule has 2 rings (SSSR count). The third kappa shape index (κ3) is 2.94. The van der Waals surface area contributed by atoms with E-state index in [0.717, 1.165) is 11.3 Å². The number of thiophene rings is 1. The Labute approximate surface area is 127 Å². The van der Waals surface area contributed by atoms with Gasteiger partial charge < -0.3 is 5.73 Å². The second kappa shape index (κ2) is 5.16. The first-order valence-electron chi connectivity index (χ1n) is 5.85. The van der Waals surface area contributed by atoms with Crippen molar-refractivity contribution in [1.82, 2.24) is 4.31 Å². The van der Waals surface area contributed by atoms with Crippen molar-refractivity contribution in [2.75, 3.05) is 13.1 Å². The molecule has 0 aliphatic carbocycles. The number of hydrogen-bond acceptors (Lipinski definition) is 4. The van der Waals surface area contributed by atoms with E-state index in [1.807, 2.05) is 13.8 Å². The summed E-state index contributed by atoms with van der Waals surface area (Å²) in [5.74, 6) is 0. The van der Waals surface area contributed by atoms with Crippen LogP contribution in [0, 0.1) is 5.41 Å². The highest BCUT2D eigenvalue weighted by molar-refractivity contribution is 7.89. The van der Waals surface area contributed by atoms with Crippen LogP contribution in [0.1, 0.15) is 20.3 Å². The molecule has 2 heterocycles. The zero-order chi connectivity index (χ0) is 14.4. The zero-order valence-electron chi connectivity index (χ0n) is 10.7. The first-order chi connectivity index (χ1) is 8.64. The summed E-state index contributed by atoms with van der Waals surface area (Å²) in [6, 6.07) is 1.41. The van der Waals surface area contributed by atoms with Crippen LogP contribution in [0.3, 0.4) is 0 Å². The van der Waals surface area contributed by atoms with Crippen LogP contribution in [0.4, 0.5) is 0 Å². The molecule has 19 heavy (non-hydrogen) atoms. The normalized spacial score (nSPS) is 24.6. The Bertz CT molecular complexity index is 584. The molecule has 108 valence electrons. The maximum absolute atomic E-state index is 12.6. The molecule has 0 bridgehead atoms. The molecule has 1 aromatic rings. The van der Waals surface area contributed by atoms with Crippen LogP contribution in [0.25, 0.3) is 0 Å². The largest absolute Gasteiger partial charge is 0.327 e. The van der Waals surface area contributed by atoms with E-state index in [2.05, 4.69) is 0 Å². The summed E-state index contributed by atoms with van der Waals surface area (Å²) in [7, 11) is -3.59. The minimum Gasteiger partial charge on any atom is -0.327 e. The standard InChI is InChI=1S/C11H16Cl2N2O2S2/c1-11(2)6-15(4-3-8(11)14)19(16,17)7-5-9(12)18-10(7)13/h5,8H,3-4,6,14H2,1-2H3. The van der Waals surface area contributed by atoms with E-state index in [0.29, 0.717) is 23.8 Å². The number of nitrogens with zero attached hydrogens (tertiary/aromatic N) is 1. The van der Waals surface area contributed by atoms with Crippen LogP contribution in [0.5, 0.6) is 0 Å². The van der Waals surface area contributed by atoms with Gasteiger partial charge in [0.15, 0.2) is 0 Å². The maximum atomic E-state index is 12.6. The van der Waals surface area contributed by atoms with E-state index >= 15 is 0 Å². The van der Waals surface area contributed by atoms with Crippen LogP contribution in [-0.2, 0) is 10.0 Å². The lowest BCUT2D eigenvalue weighted by Crippen LogP contribution is -2.53. The molecular weight excluding hydrogens is 327 g/mol. The lowest BCUT2D eigenvalue weighted by Gasteiger charge is -2.41. The predicted molar refractivity (Wildman–Crippen MR) is 79.5 cm³/mol. The van der Waals surface area contributed by atoms with Gasteiger partial charge in [0, 0.05) is 19.1 Å². The van der Waals surface area contributed by atoms with Gasteiger partial charge >= 0.3 is 0 Å². The van der Waals surface area contributed by atoms with Crippen LogP contribution in [0.2, 0.25) is 8.67 Å². The highest BCUT2D eigenvalue weighted by atomic mass is 35.5. The van der Waals surface area contributed by atoms with E-state index in [4.69, 9.17) is 28.9 Å². The molecule has 0 radical (unpaired) electrons. The van der Waals surface area contributed by atoms with Gasteiger partial charge in [0.2, 0.25) is 10.0 Å². The summed E-state index contributed by atoms with van der Waals surface area (Å²) in [5, 5.41) is 0. The zero-order valence-corrected chi connectivity index (χ0v) is 13.8. The monoisotopic (exact) mass is 342 g/mol. The molecule has 0 aromatic carbocycles. The topological polar surface area (TPSA) is 63.4 Å². The second-order valence-corrected chi connectivity index (χ2v) is 9.60. The lowest BCUT2D eigenvalue weighted by molar-refractivity contribution is 0.155. The van der Waals surface area contributed by atoms with Crippen molar-refractivity contribution in [3.63, 3.8) is 0 Å². The molecule has 1 saturated heterocycles. The van der Waals surface area contributed by atoms with Crippen molar-refractivity contribution in [3.05, 3.63) is 14.7 Å². The van der Waals surface area contributed by atoms with E-state index in [1.54, 1.807) is 0 Å². The van der Waals surface area contributed by atoms with Crippen LogP contribution >= 0.6 is 34.5 Å². The van der Waals surface area contributed by atoms with Crippen molar-refractivity contribution < 1.29 is 8.42 Å². The highest BCUT2D eigenvalue weighted by Gasteiger charge is 2.39. The van der Waals surface area contributed by atoms with E-state index in [1.165, 1.54) is 10.4 Å². The Balaban J connectivity index is 2.34. The Morgan fingerprint density at radius 2 is 2.11 bits per heavy atom. The Morgan fingerprint density at radius 1 is 1.47 bits per heavy atom. The average Bonchev–Trinajstić information content (AvgIpc) is 2.62. The second-order valence-electron chi connectivity index (χ2n) is 5.41. The first kappa shape index (κ1) is 15.5. The molecule has 0 spiro atoms. The molecule has 1 atom stereocenters. The molecule has 0 amide bonds. The number of piperidine rings is 1. The van der Waals surface area contributed by atoms with Gasteiger partial charge in [0.25, 0.3) is 0 Å². The molecule has 1 aliphatic rings. The van der Waals surface area contributed by atoms with Gasteiger partial charge in [-0.15, -0.1) is 11.3 Å². The summed E-state index contributed by atoms with van der Waals surface area (Å²) >= 11 is 12.8. The summed E-state index contributed by atoms with van der Waals surface area (Å²) < 4.78 is 27.2. The predicted octanol–water partition coefficient (Wildman–Crippen LogP) is 2.80. The molecule has 0 saturated carbocycles. The van der Waals surface area contributed by atoms with Crippen molar-refractivity contribution in [2.24, 2.45) is 11.1 Å². The fraction of sp³-hybridized carbons (Fsp3) is 0.636. The highest BCUT2D eigenvalue weighted by Crippen LogP contribution is 2.38. The van der Waals surface area contributed by atoms with Crippen molar-refractivity contribution in [1.29, 1.82) is 0 Å². The minimum atomic E-state index is -3.59. The SMILES string of the molecule is CC1(C)CN(S(=O)(=O)c2cc(Cl)sc2Cl)CCC1N. The fourth-order valence-corrected chi connectivity index (χ4v) is 5.91. The molecular formula is C11H16Cl2N2O2S2. The van der Waals surface area contributed by atoms with Crippen LogP contribution in [0.15, 0.2) is 11.0 Å². The van der Waals surface area contributed by atoms with Gasteiger partial charge in [-0.3, -0.25) is 0 Å². The molecule has 1 fully saturated rings. The van der Waals surface area contributed by atoms with E-state index in [-0.39, 0.29) is 20.7 Å². The molecule has 8 heteroatoms. The molecule has 4 nitrogen and oxygen atoms in total. The first-order valence-corrected chi connectivity index (χ1v) is 8.86. The number of rotatable bonds is 2. The van der Waals surface area contributed by atoms with Crippen molar-refractivity contribution >= 4 is 44.6 Å². The van der Waals surface area contributed by atoms with Gasteiger partial charge in [0.05, 0.1) is 4.34 Å². The van der Waals surface area contributed by atoms with E-state index in [9.17, 15) is 8.42 Å². The Hall–Kier alpha value is 0.150. The van der Waals surface area contributed by atoms with Crippen LogP contribution < -0.4 is 5.73 Å². The lowest BCUT2D eigenvalue weighted by atomic mass is 9.81. The molecule has 1 aliphatic heterocycles. The number of nitrogens with two attached hydrogens (primary N) is 1. The summed E-state index contributed by atoms with van der Waals surface area (Å²) in [6.07, 6.45) is 0.641. The van der Waals surface area contributed by atoms with Gasteiger partial charge in [0.1, 0.15) is 9.23 Å². The summed E-state index contributed by atoms with van der Waals surface area (Å²) in [6.45, 7) is 4.75. The quantitative estimate of drug-likeness (QED) is 0.898. The van der Waals surface area contributed by atoms with Gasteiger partial charge in [-0.25, -0.2) is 8.42 Å². The molecule has 1 unspecified atom stereocenters. The van der Waals surface area contributed by atoms with Gasteiger partial charge in [-0.05, 0) is 17.9 Å². The summed E-state index contributed by atoms with van der Waals surface area (Å²) in [4.78, 5) is 0.0930. The van der Waals surface area contributed by atoms with Crippen LogP contribution in [-0.4, -0.2) is 31.9 Å². The number of halogens is 2. The van der Waals surface area contributed by atoms with Gasteiger partial charge in [-0.2, -0.15) is 4.31 Å². The Morgan fingerprint density at radius 3 is 2.58 bits per heavy atom. The molecule has 1 aromatic heterocycles. The maximum Gasteiger partial charge on any atom is 0.245 e. The summed E-state index contributed by atoms with van der Waals surface area (Å²) in [5.41, 5.74) is 5.77. The van der Waals surface area contributed by atoms with Crippen molar-refractivity contribution in [3.8, 4) is 0 Å². The van der Waals surface area contributed by atoms with Crippen molar-refractivity contribution in [2.45, 2.75) is 31.2 Å². The Kier molecular flexibility index (Phi) is 4.22. The van der Waals surface area contributed by atoms with E-state index < -0.39 is 10.0 Å². The fourth-order valence-electron chi connectivity index (χ4n) is 2.17. The number of hydrogen-bond donors (Lipinski definition) is 1. The molecule has 2 N–H and O–H groups in total. The third-order valence-electron chi connectivity index (χ3n) is 3.52. The smallest absolute Gasteiger partial charge is 0.245 e.